The summed E-state index contributed by atoms with van der Waals surface area (Å²) in [5.74, 6) is 1.27. The van der Waals surface area contributed by atoms with Crippen LogP contribution in [0.1, 0.15) is 19.8 Å². The summed E-state index contributed by atoms with van der Waals surface area (Å²) < 4.78 is 0. The third-order valence-corrected chi connectivity index (χ3v) is 3.26. The first-order valence-electron chi connectivity index (χ1n) is 4.88. The number of nitrogens with one attached hydrogen (secondary N) is 1. The molecule has 2 aliphatic rings. The van der Waals surface area contributed by atoms with Crippen molar-refractivity contribution in [3.8, 4) is 0 Å². The molecule has 0 radical (unpaired) electrons. The minimum absolute atomic E-state index is 0.0991. The van der Waals surface area contributed by atoms with Gasteiger partial charge in [0.2, 0.25) is 0 Å². The molecular formula is C10H15N3O. The molecule has 2 aliphatic carbocycles. The highest BCUT2D eigenvalue weighted by atomic mass is 16.2. The van der Waals surface area contributed by atoms with Crippen LogP contribution in [-0.4, -0.2) is 12.2 Å². The van der Waals surface area contributed by atoms with Crippen LogP contribution in [0.4, 0.5) is 4.79 Å². The number of hydrogen-bond donors (Lipinski definition) is 2. The molecule has 76 valence electrons. The number of nitrogens with zero attached hydrogens (tertiary/aromatic N) is 1. The Balaban J connectivity index is 2.00. The minimum Gasteiger partial charge on any atom is -0.350 e. The van der Waals surface area contributed by atoms with Crippen LogP contribution < -0.4 is 11.2 Å². The van der Waals surface area contributed by atoms with E-state index in [1.165, 1.54) is 6.42 Å². The van der Waals surface area contributed by atoms with Crippen molar-refractivity contribution < 1.29 is 4.79 Å². The van der Waals surface area contributed by atoms with E-state index in [9.17, 15) is 4.79 Å². The Bertz CT molecular complexity index is 310. The van der Waals surface area contributed by atoms with E-state index >= 15 is 0 Å². The average molecular weight is 193 g/mol. The molecule has 3 unspecified atom stereocenters. The monoisotopic (exact) mass is 193 g/mol. The molecule has 4 heteroatoms. The zero-order valence-corrected chi connectivity index (χ0v) is 8.23. The number of urea groups is 1. The fourth-order valence-electron chi connectivity index (χ4n) is 2.52. The van der Waals surface area contributed by atoms with Gasteiger partial charge in [0.25, 0.3) is 0 Å². The second-order valence-electron chi connectivity index (χ2n) is 4.43. The summed E-state index contributed by atoms with van der Waals surface area (Å²) in [4.78, 5) is 10.4. The average Bonchev–Trinajstić information content (AvgIpc) is 2.62. The van der Waals surface area contributed by atoms with Crippen LogP contribution in [0.25, 0.3) is 0 Å². The minimum atomic E-state index is -0.608. The Morgan fingerprint density at radius 3 is 3.00 bits per heavy atom. The van der Waals surface area contributed by atoms with Crippen molar-refractivity contribution in [2.45, 2.75) is 19.8 Å². The van der Waals surface area contributed by atoms with Crippen molar-refractivity contribution in [2.75, 3.05) is 0 Å². The summed E-state index contributed by atoms with van der Waals surface area (Å²) in [6.45, 7) is 2.17. The topological polar surface area (TPSA) is 67.5 Å². The fourth-order valence-corrected chi connectivity index (χ4v) is 2.52. The van der Waals surface area contributed by atoms with E-state index in [0.29, 0.717) is 11.8 Å². The van der Waals surface area contributed by atoms with Gasteiger partial charge in [-0.2, -0.15) is 5.10 Å². The van der Waals surface area contributed by atoms with E-state index < -0.39 is 6.03 Å². The van der Waals surface area contributed by atoms with Crippen LogP contribution in [0.2, 0.25) is 0 Å². The Morgan fingerprint density at radius 2 is 2.50 bits per heavy atom. The van der Waals surface area contributed by atoms with Crippen LogP contribution in [-0.2, 0) is 0 Å². The lowest BCUT2D eigenvalue weighted by Gasteiger charge is -2.26. The number of rotatable bonds is 2. The van der Waals surface area contributed by atoms with Gasteiger partial charge in [-0.15, -0.1) is 0 Å². The molecular weight excluding hydrogens is 178 g/mol. The molecule has 0 aromatic heterocycles. The third-order valence-electron chi connectivity index (χ3n) is 3.26. The van der Waals surface area contributed by atoms with Gasteiger partial charge in [0.1, 0.15) is 0 Å². The number of hydrazone groups is 1. The molecule has 0 spiro atoms. The third kappa shape index (κ3) is 1.52. The number of nitrogens with two attached hydrogens (primary N) is 1. The molecule has 0 aromatic carbocycles. The first-order chi connectivity index (χ1) is 6.60. The van der Waals surface area contributed by atoms with E-state index in [1.54, 1.807) is 0 Å². The van der Waals surface area contributed by atoms with Gasteiger partial charge in [-0.3, -0.25) is 0 Å². The SMILES string of the molecule is CC1(C=NNC(N)=O)CC2C=CC1C2. The first kappa shape index (κ1) is 9.24. The zero-order valence-electron chi connectivity index (χ0n) is 8.23. The number of hydrogen-bond acceptors (Lipinski definition) is 2. The Hall–Kier alpha value is -1.32. The highest BCUT2D eigenvalue weighted by Crippen LogP contribution is 2.50. The molecule has 3 atom stereocenters. The van der Waals surface area contributed by atoms with E-state index in [-0.39, 0.29) is 5.41 Å². The van der Waals surface area contributed by atoms with Gasteiger partial charge < -0.3 is 5.73 Å². The predicted molar refractivity (Wildman–Crippen MR) is 54.7 cm³/mol. The quantitative estimate of drug-likeness (QED) is 0.387. The standard InChI is InChI=1S/C10H15N3O/c1-10(6-12-13-9(11)14)5-7-2-3-8(10)4-7/h2-3,6-8H,4-5H2,1H3,(H3,11,13,14). The molecule has 4 nitrogen and oxygen atoms in total. The van der Waals surface area contributed by atoms with Crippen molar-refractivity contribution in [2.24, 2.45) is 28.1 Å². The van der Waals surface area contributed by atoms with Gasteiger partial charge in [-0.25, -0.2) is 10.2 Å². The summed E-state index contributed by atoms with van der Waals surface area (Å²) >= 11 is 0. The zero-order chi connectivity index (χ0) is 10.2. The van der Waals surface area contributed by atoms with Crippen molar-refractivity contribution in [3.05, 3.63) is 12.2 Å². The molecule has 1 saturated carbocycles. The van der Waals surface area contributed by atoms with Crippen LogP contribution in [0.5, 0.6) is 0 Å². The molecule has 2 amide bonds. The molecule has 14 heavy (non-hydrogen) atoms. The number of carbonyl (C=O) groups is 1. The van der Waals surface area contributed by atoms with E-state index in [1.807, 2.05) is 6.21 Å². The Labute approximate surface area is 83.2 Å². The maximum absolute atomic E-state index is 10.4. The lowest BCUT2D eigenvalue weighted by Crippen LogP contribution is -2.28. The largest absolute Gasteiger partial charge is 0.350 e. The van der Waals surface area contributed by atoms with Crippen LogP contribution in [0, 0.1) is 17.3 Å². The number of primary amides is 1. The van der Waals surface area contributed by atoms with Crippen molar-refractivity contribution in [1.82, 2.24) is 5.43 Å². The highest BCUT2D eigenvalue weighted by molar-refractivity contribution is 5.74. The molecule has 3 N–H and O–H groups in total. The maximum atomic E-state index is 10.4. The summed E-state index contributed by atoms with van der Waals surface area (Å²) in [7, 11) is 0. The van der Waals surface area contributed by atoms with E-state index in [2.05, 4.69) is 29.6 Å². The van der Waals surface area contributed by atoms with Crippen molar-refractivity contribution in [1.29, 1.82) is 0 Å². The second kappa shape index (κ2) is 3.12. The fraction of sp³-hybridized carbons (Fsp3) is 0.600. The first-order valence-corrected chi connectivity index (χ1v) is 4.88. The van der Waals surface area contributed by atoms with E-state index in [4.69, 9.17) is 5.73 Å². The summed E-state index contributed by atoms with van der Waals surface area (Å²) in [6, 6.07) is -0.608. The van der Waals surface area contributed by atoms with Crippen molar-refractivity contribution >= 4 is 12.2 Å². The predicted octanol–water partition coefficient (Wildman–Crippen LogP) is 1.24. The van der Waals surface area contributed by atoms with Gasteiger partial charge >= 0.3 is 6.03 Å². The Morgan fingerprint density at radius 1 is 1.71 bits per heavy atom. The molecule has 2 bridgehead atoms. The van der Waals surface area contributed by atoms with Gasteiger partial charge in [-0.1, -0.05) is 19.1 Å². The summed E-state index contributed by atoms with van der Waals surface area (Å²) in [6.07, 6.45) is 8.70. The van der Waals surface area contributed by atoms with Gasteiger partial charge in [0, 0.05) is 11.6 Å². The molecule has 0 aliphatic heterocycles. The lowest BCUT2D eigenvalue weighted by atomic mass is 9.79. The van der Waals surface area contributed by atoms with Gasteiger partial charge in [0.05, 0.1) is 0 Å². The Kier molecular flexibility index (Phi) is 2.06. The van der Waals surface area contributed by atoms with Crippen LogP contribution in [0.15, 0.2) is 17.3 Å². The van der Waals surface area contributed by atoms with E-state index in [0.717, 1.165) is 6.42 Å². The van der Waals surface area contributed by atoms with Gasteiger partial charge in [0.15, 0.2) is 0 Å². The summed E-state index contributed by atoms with van der Waals surface area (Å²) in [5, 5.41) is 3.86. The second-order valence-corrected chi connectivity index (χ2v) is 4.43. The molecule has 0 aromatic rings. The molecule has 2 rings (SSSR count). The maximum Gasteiger partial charge on any atom is 0.332 e. The van der Waals surface area contributed by atoms with Gasteiger partial charge in [-0.05, 0) is 24.7 Å². The van der Waals surface area contributed by atoms with Crippen molar-refractivity contribution in [3.63, 3.8) is 0 Å². The highest BCUT2D eigenvalue weighted by Gasteiger charge is 2.43. The number of carbonyl (C=O) groups excluding carboxylic acids is 1. The molecule has 0 saturated heterocycles. The van der Waals surface area contributed by atoms with Crippen LogP contribution >= 0.6 is 0 Å². The molecule has 1 fully saturated rings. The summed E-state index contributed by atoms with van der Waals surface area (Å²) in [5.41, 5.74) is 7.26. The molecule has 0 heterocycles. The normalized spacial score (nSPS) is 39.5. The smallest absolute Gasteiger partial charge is 0.332 e. The number of amides is 2. The number of fused-ring (bicyclic) bond motifs is 2. The number of allylic oxidation sites excluding steroid dienone is 2. The lowest BCUT2D eigenvalue weighted by molar-refractivity contribution is 0.249. The van der Waals surface area contributed by atoms with Crippen LogP contribution in [0.3, 0.4) is 0 Å².